The summed E-state index contributed by atoms with van der Waals surface area (Å²) in [5.74, 6) is 0.712. The molecule has 0 bridgehead atoms. The van der Waals surface area contributed by atoms with Crippen LogP contribution in [-0.2, 0) is 11.8 Å². The molecule has 2 heterocycles. The molecule has 1 saturated heterocycles. The molecule has 0 unspecified atom stereocenters. The Morgan fingerprint density at radius 2 is 2.31 bits per heavy atom. The molecule has 2 rings (SSSR count). The molecular formula is C10H13N5O. The van der Waals surface area contributed by atoms with E-state index in [1.165, 1.54) is 0 Å². The van der Waals surface area contributed by atoms with Gasteiger partial charge in [-0.1, -0.05) is 0 Å². The summed E-state index contributed by atoms with van der Waals surface area (Å²) in [5.41, 5.74) is 1.25. The Labute approximate surface area is 93.5 Å². The van der Waals surface area contributed by atoms with Crippen molar-refractivity contribution < 1.29 is 4.79 Å². The van der Waals surface area contributed by atoms with Gasteiger partial charge in [-0.05, 0) is 6.92 Å². The summed E-state index contributed by atoms with van der Waals surface area (Å²) in [5, 5.41) is 16.0. The Bertz CT molecular complexity index is 470. The molecule has 1 amide bonds. The zero-order valence-electron chi connectivity index (χ0n) is 9.32. The number of aromatic nitrogens is 2. The molecule has 0 aromatic carbocycles. The first-order chi connectivity index (χ1) is 7.63. The van der Waals surface area contributed by atoms with Crippen molar-refractivity contribution in [1.82, 2.24) is 15.1 Å². The van der Waals surface area contributed by atoms with E-state index in [1.807, 2.05) is 4.90 Å². The Kier molecular flexibility index (Phi) is 2.52. The molecule has 16 heavy (non-hydrogen) atoms. The first-order valence-electron chi connectivity index (χ1n) is 5.09. The standard InChI is InChI=1S/C10H13N5O/c1-7-8(5-11)10(14(2)13-7)15-4-3-12-9(16)6-15/h3-4,6H2,1-2H3,(H,12,16). The molecule has 6 nitrogen and oxygen atoms in total. The second-order valence-electron chi connectivity index (χ2n) is 3.79. The summed E-state index contributed by atoms with van der Waals surface area (Å²) in [6.45, 7) is 3.40. The highest BCUT2D eigenvalue weighted by atomic mass is 16.2. The molecule has 1 aromatic rings. The van der Waals surface area contributed by atoms with Crippen molar-refractivity contribution in [1.29, 1.82) is 5.26 Å². The Balaban J connectivity index is 2.39. The van der Waals surface area contributed by atoms with Crippen molar-refractivity contribution in [3.8, 4) is 6.07 Å². The van der Waals surface area contributed by atoms with Crippen LogP contribution in [0.4, 0.5) is 5.82 Å². The van der Waals surface area contributed by atoms with E-state index in [-0.39, 0.29) is 12.5 Å². The third-order valence-corrected chi connectivity index (χ3v) is 2.64. The van der Waals surface area contributed by atoms with E-state index in [2.05, 4.69) is 16.5 Å². The van der Waals surface area contributed by atoms with Crippen molar-refractivity contribution in [2.75, 3.05) is 24.5 Å². The van der Waals surface area contributed by atoms with Crippen LogP contribution in [0.2, 0.25) is 0 Å². The van der Waals surface area contributed by atoms with Crippen molar-refractivity contribution in [2.24, 2.45) is 7.05 Å². The maximum atomic E-state index is 11.3. The molecule has 0 spiro atoms. The number of piperazine rings is 1. The van der Waals surface area contributed by atoms with Gasteiger partial charge in [-0.2, -0.15) is 10.4 Å². The number of hydrogen-bond acceptors (Lipinski definition) is 4. The van der Waals surface area contributed by atoms with E-state index in [0.717, 1.165) is 5.82 Å². The Morgan fingerprint density at radius 1 is 1.56 bits per heavy atom. The van der Waals surface area contributed by atoms with Gasteiger partial charge >= 0.3 is 0 Å². The van der Waals surface area contributed by atoms with Crippen molar-refractivity contribution in [3.63, 3.8) is 0 Å². The van der Waals surface area contributed by atoms with Gasteiger partial charge in [-0.15, -0.1) is 0 Å². The van der Waals surface area contributed by atoms with E-state index >= 15 is 0 Å². The molecule has 0 atom stereocenters. The number of aryl methyl sites for hydroxylation is 2. The van der Waals surface area contributed by atoms with Crippen molar-refractivity contribution in [3.05, 3.63) is 11.3 Å². The summed E-state index contributed by atoms with van der Waals surface area (Å²) in [6.07, 6.45) is 0. The number of nitrogens with one attached hydrogen (secondary N) is 1. The number of carbonyl (C=O) groups is 1. The van der Waals surface area contributed by atoms with E-state index in [4.69, 9.17) is 5.26 Å². The van der Waals surface area contributed by atoms with Crippen LogP contribution >= 0.6 is 0 Å². The van der Waals surface area contributed by atoms with Gasteiger partial charge in [0, 0.05) is 20.1 Å². The van der Waals surface area contributed by atoms with E-state index in [9.17, 15) is 4.79 Å². The van der Waals surface area contributed by atoms with E-state index < -0.39 is 0 Å². The summed E-state index contributed by atoms with van der Waals surface area (Å²) >= 11 is 0. The molecule has 0 saturated carbocycles. The number of carbonyl (C=O) groups excluding carboxylic acids is 1. The first-order valence-corrected chi connectivity index (χ1v) is 5.09. The largest absolute Gasteiger partial charge is 0.353 e. The quantitative estimate of drug-likeness (QED) is 0.693. The summed E-state index contributed by atoms with van der Waals surface area (Å²) in [6, 6.07) is 2.14. The fourth-order valence-electron chi connectivity index (χ4n) is 1.96. The topological polar surface area (TPSA) is 74.0 Å². The molecule has 1 aliphatic rings. The van der Waals surface area contributed by atoms with Gasteiger partial charge < -0.3 is 10.2 Å². The zero-order chi connectivity index (χ0) is 11.7. The molecule has 0 aliphatic carbocycles. The summed E-state index contributed by atoms with van der Waals surface area (Å²) in [4.78, 5) is 13.2. The number of rotatable bonds is 1. The van der Waals surface area contributed by atoms with Crippen molar-refractivity contribution >= 4 is 11.7 Å². The van der Waals surface area contributed by atoms with Crippen LogP contribution in [0.5, 0.6) is 0 Å². The fourth-order valence-corrected chi connectivity index (χ4v) is 1.96. The third-order valence-electron chi connectivity index (χ3n) is 2.64. The minimum absolute atomic E-state index is 0.0195. The highest BCUT2D eigenvalue weighted by molar-refractivity contribution is 5.82. The van der Waals surface area contributed by atoms with Crippen LogP contribution in [-0.4, -0.2) is 35.3 Å². The van der Waals surface area contributed by atoms with Crippen LogP contribution < -0.4 is 10.2 Å². The predicted molar refractivity (Wildman–Crippen MR) is 57.9 cm³/mol. The molecule has 1 aromatic heterocycles. The molecule has 1 aliphatic heterocycles. The Hall–Kier alpha value is -2.03. The number of nitrogens with zero attached hydrogens (tertiary/aromatic N) is 4. The van der Waals surface area contributed by atoms with Gasteiger partial charge in [0.15, 0.2) is 0 Å². The van der Waals surface area contributed by atoms with Gasteiger partial charge in [-0.25, -0.2) is 0 Å². The monoisotopic (exact) mass is 219 g/mol. The minimum Gasteiger partial charge on any atom is -0.353 e. The maximum absolute atomic E-state index is 11.3. The SMILES string of the molecule is Cc1nn(C)c(N2CCNC(=O)C2)c1C#N. The van der Waals surface area contributed by atoms with E-state index in [0.29, 0.717) is 24.3 Å². The normalized spacial score (nSPS) is 15.8. The molecule has 6 heteroatoms. The lowest BCUT2D eigenvalue weighted by molar-refractivity contribution is -0.120. The van der Waals surface area contributed by atoms with Gasteiger partial charge in [0.1, 0.15) is 17.5 Å². The van der Waals surface area contributed by atoms with Crippen LogP contribution in [0.15, 0.2) is 0 Å². The van der Waals surface area contributed by atoms with Crippen LogP contribution in [0.1, 0.15) is 11.3 Å². The number of nitriles is 1. The predicted octanol–water partition coefficient (Wildman–Crippen LogP) is -0.464. The smallest absolute Gasteiger partial charge is 0.239 e. The molecule has 1 N–H and O–H groups in total. The van der Waals surface area contributed by atoms with Gasteiger partial charge in [0.05, 0.1) is 12.2 Å². The molecular weight excluding hydrogens is 206 g/mol. The van der Waals surface area contributed by atoms with Gasteiger partial charge in [0.25, 0.3) is 0 Å². The zero-order valence-corrected chi connectivity index (χ0v) is 9.32. The fraction of sp³-hybridized carbons (Fsp3) is 0.500. The highest BCUT2D eigenvalue weighted by Gasteiger charge is 2.23. The second-order valence-corrected chi connectivity index (χ2v) is 3.79. The molecule has 1 fully saturated rings. The van der Waals surface area contributed by atoms with Crippen LogP contribution in [0, 0.1) is 18.3 Å². The second kappa shape index (κ2) is 3.85. The van der Waals surface area contributed by atoms with Crippen LogP contribution in [0.25, 0.3) is 0 Å². The van der Waals surface area contributed by atoms with Gasteiger partial charge in [-0.3, -0.25) is 9.48 Å². The number of hydrogen-bond donors (Lipinski definition) is 1. The molecule has 84 valence electrons. The minimum atomic E-state index is -0.0195. The lowest BCUT2D eigenvalue weighted by atomic mass is 10.2. The number of anilines is 1. The third kappa shape index (κ3) is 1.60. The number of amides is 1. The average Bonchev–Trinajstić information content (AvgIpc) is 2.52. The lowest BCUT2D eigenvalue weighted by Crippen LogP contribution is -2.48. The lowest BCUT2D eigenvalue weighted by Gasteiger charge is -2.28. The van der Waals surface area contributed by atoms with Crippen LogP contribution in [0.3, 0.4) is 0 Å². The summed E-state index contributed by atoms with van der Waals surface area (Å²) in [7, 11) is 1.79. The van der Waals surface area contributed by atoms with Gasteiger partial charge in [0.2, 0.25) is 5.91 Å². The molecule has 0 radical (unpaired) electrons. The van der Waals surface area contributed by atoms with E-state index in [1.54, 1.807) is 18.7 Å². The Morgan fingerprint density at radius 3 is 2.94 bits per heavy atom. The summed E-state index contributed by atoms with van der Waals surface area (Å²) < 4.78 is 1.66. The van der Waals surface area contributed by atoms with Crippen molar-refractivity contribution in [2.45, 2.75) is 6.92 Å². The first kappa shape index (κ1) is 10.5. The highest BCUT2D eigenvalue weighted by Crippen LogP contribution is 2.22. The average molecular weight is 219 g/mol. The maximum Gasteiger partial charge on any atom is 0.239 e.